The van der Waals surface area contributed by atoms with E-state index in [0.29, 0.717) is 11.3 Å². The van der Waals surface area contributed by atoms with Crippen molar-refractivity contribution in [2.75, 3.05) is 18.6 Å². The first-order valence-corrected chi connectivity index (χ1v) is 6.29. The van der Waals surface area contributed by atoms with Gasteiger partial charge in [-0.1, -0.05) is 18.2 Å². The number of ether oxygens (including phenoxy) is 1. The number of para-hydroxylation sites is 1. The van der Waals surface area contributed by atoms with Gasteiger partial charge in [-0.05, 0) is 12.1 Å². The lowest BCUT2D eigenvalue weighted by atomic mass is 10.3. The maximum Gasteiger partial charge on any atom is 0.262 e. The minimum absolute atomic E-state index is 0.194. The number of hydrogen-bond acceptors (Lipinski definition) is 3. The SMILES string of the molecule is Cn1cc(C(=O)Nc2ccccc2)c(OCCCF)n1. The van der Waals surface area contributed by atoms with E-state index >= 15 is 0 Å². The van der Waals surface area contributed by atoms with Crippen molar-refractivity contribution in [3.8, 4) is 5.88 Å². The van der Waals surface area contributed by atoms with Crippen LogP contribution in [0.1, 0.15) is 16.8 Å². The van der Waals surface area contributed by atoms with Crippen LogP contribution in [0.15, 0.2) is 36.5 Å². The lowest BCUT2D eigenvalue weighted by Gasteiger charge is -2.05. The number of nitrogens with one attached hydrogen (secondary N) is 1. The van der Waals surface area contributed by atoms with Gasteiger partial charge in [-0.2, -0.15) is 0 Å². The minimum Gasteiger partial charge on any atom is -0.476 e. The van der Waals surface area contributed by atoms with E-state index in [1.165, 1.54) is 4.68 Å². The number of amides is 1. The lowest BCUT2D eigenvalue weighted by Crippen LogP contribution is -2.13. The molecule has 0 aliphatic carbocycles. The Balaban J connectivity index is 2.09. The molecule has 0 radical (unpaired) electrons. The summed E-state index contributed by atoms with van der Waals surface area (Å²) in [6.07, 6.45) is 1.85. The van der Waals surface area contributed by atoms with Crippen molar-refractivity contribution in [3.05, 3.63) is 42.1 Å². The van der Waals surface area contributed by atoms with E-state index in [9.17, 15) is 9.18 Å². The molecule has 106 valence electrons. The van der Waals surface area contributed by atoms with Gasteiger partial charge in [-0.25, -0.2) is 0 Å². The summed E-state index contributed by atoms with van der Waals surface area (Å²) in [5.41, 5.74) is 1.02. The molecule has 0 saturated carbocycles. The number of anilines is 1. The normalized spacial score (nSPS) is 10.3. The van der Waals surface area contributed by atoms with Gasteiger partial charge in [-0.15, -0.1) is 5.10 Å². The summed E-state index contributed by atoms with van der Waals surface area (Å²) >= 11 is 0. The summed E-state index contributed by atoms with van der Waals surface area (Å²) < 4.78 is 18.9. The number of nitrogens with zero attached hydrogens (tertiary/aromatic N) is 2. The Bertz CT molecular complexity index is 569. The molecule has 1 aromatic carbocycles. The van der Waals surface area contributed by atoms with E-state index in [0.717, 1.165) is 0 Å². The maximum atomic E-state index is 12.2. The maximum absolute atomic E-state index is 12.2. The van der Waals surface area contributed by atoms with Gasteiger partial charge in [-0.3, -0.25) is 13.9 Å². The predicted octanol–water partition coefficient (Wildman–Crippen LogP) is 2.41. The fraction of sp³-hybridized carbons (Fsp3) is 0.286. The van der Waals surface area contributed by atoms with Gasteiger partial charge in [0.1, 0.15) is 5.56 Å². The number of rotatable bonds is 6. The van der Waals surface area contributed by atoms with Crippen molar-refractivity contribution in [3.63, 3.8) is 0 Å². The zero-order valence-electron chi connectivity index (χ0n) is 11.2. The molecular formula is C14H16FN3O2. The molecule has 0 bridgehead atoms. The van der Waals surface area contributed by atoms with Crippen LogP contribution in [0.3, 0.4) is 0 Å². The van der Waals surface area contributed by atoms with Gasteiger partial charge < -0.3 is 10.1 Å². The van der Waals surface area contributed by atoms with Crippen LogP contribution in [0, 0.1) is 0 Å². The Morgan fingerprint density at radius 1 is 1.40 bits per heavy atom. The van der Waals surface area contributed by atoms with Crippen LogP contribution < -0.4 is 10.1 Å². The molecule has 2 rings (SSSR count). The standard InChI is InChI=1S/C14H16FN3O2/c1-18-10-12(14(17-18)20-9-5-8-15)13(19)16-11-6-3-2-4-7-11/h2-4,6-7,10H,5,8-9H2,1H3,(H,16,19). The highest BCUT2D eigenvalue weighted by Crippen LogP contribution is 2.18. The molecular weight excluding hydrogens is 261 g/mol. The van der Waals surface area contributed by atoms with Crippen LogP contribution in [0.2, 0.25) is 0 Å². The first-order chi connectivity index (χ1) is 9.70. The highest BCUT2D eigenvalue weighted by Gasteiger charge is 2.17. The Morgan fingerprint density at radius 3 is 2.85 bits per heavy atom. The Labute approximate surface area is 116 Å². The second-order valence-electron chi connectivity index (χ2n) is 4.23. The van der Waals surface area contributed by atoms with Crippen LogP contribution in [0.5, 0.6) is 5.88 Å². The summed E-state index contributed by atoms with van der Waals surface area (Å²) in [5, 5.41) is 6.81. The molecule has 0 saturated heterocycles. The number of carbonyl (C=O) groups is 1. The van der Waals surface area contributed by atoms with E-state index in [4.69, 9.17) is 4.74 Å². The van der Waals surface area contributed by atoms with Gasteiger partial charge in [0.25, 0.3) is 5.91 Å². The highest BCUT2D eigenvalue weighted by atomic mass is 19.1. The third-order valence-electron chi connectivity index (χ3n) is 2.59. The Hall–Kier alpha value is -2.37. The van der Waals surface area contributed by atoms with E-state index in [2.05, 4.69) is 10.4 Å². The molecule has 0 aliphatic heterocycles. The minimum atomic E-state index is -0.460. The van der Waals surface area contributed by atoms with E-state index in [1.54, 1.807) is 25.4 Å². The molecule has 1 N–H and O–H groups in total. The van der Waals surface area contributed by atoms with Crippen molar-refractivity contribution in [2.24, 2.45) is 7.05 Å². The average molecular weight is 277 g/mol. The molecule has 2 aromatic rings. The third kappa shape index (κ3) is 3.57. The monoisotopic (exact) mass is 277 g/mol. The molecule has 5 nitrogen and oxygen atoms in total. The van der Waals surface area contributed by atoms with Crippen LogP contribution in [-0.2, 0) is 7.05 Å². The van der Waals surface area contributed by atoms with Gasteiger partial charge in [0.2, 0.25) is 5.88 Å². The number of aryl methyl sites for hydroxylation is 1. The van der Waals surface area contributed by atoms with Gasteiger partial charge in [0.15, 0.2) is 0 Å². The predicted molar refractivity (Wildman–Crippen MR) is 73.7 cm³/mol. The molecule has 1 heterocycles. The van der Waals surface area contributed by atoms with Crippen LogP contribution in [0.4, 0.5) is 10.1 Å². The number of alkyl halides is 1. The zero-order valence-corrected chi connectivity index (χ0v) is 11.2. The highest BCUT2D eigenvalue weighted by molar-refractivity contribution is 6.05. The summed E-state index contributed by atoms with van der Waals surface area (Å²) in [6, 6.07) is 9.11. The van der Waals surface area contributed by atoms with Gasteiger partial charge in [0, 0.05) is 25.4 Å². The molecule has 0 unspecified atom stereocenters. The quantitative estimate of drug-likeness (QED) is 0.825. The smallest absolute Gasteiger partial charge is 0.262 e. The summed E-state index contributed by atoms with van der Waals surface area (Å²) in [5.74, 6) is -0.0890. The first kappa shape index (κ1) is 14.0. The van der Waals surface area contributed by atoms with Gasteiger partial charge >= 0.3 is 0 Å². The molecule has 0 fully saturated rings. The van der Waals surface area contributed by atoms with E-state index in [1.807, 2.05) is 18.2 Å². The lowest BCUT2D eigenvalue weighted by molar-refractivity contribution is 0.102. The summed E-state index contributed by atoms with van der Waals surface area (Å²) in [7, 11) is 1.70. The summed E-state index contributed by atoms with van der Waals surface area (Å²) in [6.45, 7) is -0.266. The number of benzene rings is 1. The van der Waals surface area contributed by atoms with Crippen molar-refractivity contribution in [2.45, 2.75) is 6.42 Å². The Morgan fingerprint density at radius 2 is 2.15 bits per heavy atom. The second kappa shape index (κ2) is 6.70. The Kier molecular flexibility index (Phi) is 4.70. The number of carbonyl (C=O) groups excluding carboxylic acids is 1. The molecule has 20 heavy (non-hydrogen) atoms. The van der Waals surface area contributed by atoms with Gasteiger partial charge in [0.05, 0.1) is 13.3 Å². The van der Waals surface area contributed by atoms with E-state index in [-0.39, 0.29) is 24.8 Å². The van der Waals surface area contributed by atoms with Crippen LogP contribution in [0.25, 0.3) is 0 Å². The number of hydrogen-bond donors (Lipinski definition) is 1. The van der Waals surface area contributed by atoms with Crippen molar-refractivity contribution in [1.29, 1.82) is 0 Å². The molecule has 0 atom stereocenters. The largest absolute Gasteiger partial charge is 0.476 e. The molecule has 0 aliphatic rings. The van der Waals surface area contributed by atoms with Crippen molar-refractivity contribution >= 4 is 11.6 Å². The fourth-order valence-corrected chi connectivity index (χ4v) is 1.67. The molecule has 6 heteroatoms. The second-order valence-corrected chi connectivity index (χ2v) is 4.23. The van der Waals surface area contributed by atoms with Crippen molar-refractivity contribution in [1.82, 2.24) is 9.78 Å². The first-order valence-electron chi connectivity index (χ1n) is 6.29. The number of aromatic nitrogens is 2. The summed E-state index contributed by atoms with van der Waals surface area (Å²) in [4.78, 5) is 12.2. The third-order valence-corrected chi connectivity index (χ3v) is 2.59. The van der Waals surface area contributed by atoms with E-state index < -0.39 is 6.67 Å². The average Bonchev–Trinajstić information content (AvgIpc) is 2.81. The van der Waals surface area contributed by atoms with Crippen LogP contribution >= 0.6 is 0 Å². The van der Waals surface area contributed by atoms with Crippen molar-refractivity contribution < 1.29 is 13.9 Å². The van der Waals surface area contributed by atoms with Crippen LogP contribution in [-0.4, -0.2) is 29.0 Å². The molecule has 1 amide bonds. The zero-order chi connectivity index (χ0) is 14.4. The molecule has 1 aromatic heterocycles. The molecule has 0 spiro atoms. The fourth-order valence-electron chi connectivity index (χ4n) is 1.67. The number of halogens is 1. The topological polar surface area (TPSA) is 56.2 Å².